The Morgan fingerprint density at radius 1 is 1.05 bits per heavy atom. The van der Waals surface area contributed by atoms with Gasteiger partial charge in [-0.2, -0.15) is 8.78 Å². The molecule has 11 heteroatoms. The number of carbonyl (C=O) groups excluding carboxylic acids is 2. The molecule has 1 aliphatic carbocycles. The normalized spacial score (nSPS) is 19.1. The quantitative estimate of drug-likeness (QED) is 0.440. The van der Waals surface area contributed by atoms with Crippen molar-refractivity contribution in [3.05, 3.63) is 87.6 Å². The number of carbonyl (C=O) groups is 2. The maximum atomic E-state index is 15.2. The summed E-state index contributed by atoms with van der Waals surface area (Å²) in [4.78, 5) is 41.9. The van der Waals surface area contributed by atoms with Gasteiger partial charge < -0.3 is 24.3 Å². The number of hydrogen-bond donors (Lipinski definition) is 1. The summed E-state index contributed by atoms with van der Waals surface area (Å²) in [6.45, 7) is -1.33. The van der Waals surface area contributed by atoms with Crippen molar-refractivity contribution >= 4 is 17.5 Å². The Bertz CT molecular complexity index is 1490. The molecule has 2 fully saturated rings. The van der Waals surface area contributed by atoms with Gasteiger partial charge in [-0.3, -0.25) is 14.4 Å². The Hall–Kier alpha value is -4.28. The van der Waals surface area contributed by atoms with E-state index < -0.39 is 36.2 Å². The van der Waals surface area contributed by atoms with Crippen LogP contribution in [0, 0.1) is 12.7 Å². The molecule has 1 saturated heterocycles. The summed E-state index contributed by atoms with van der Waals surface area (Å²) < 4.78 is 51.3. The van der Waals surface area contributed by atoms with Gasteiger partial charge in [0.25, 0.3) is 11.5 Å². The first-order chi connectivity index (χ1) is 19.2. The minimum atomic E-state index is -3.02. The fourth-order valence-corrected chi connectivity index (χ4v) is 5.23. The van der Waals surface area contributed by atoms with E-state index in [-0.39, 0.29) is 46.5 Å². The first-order valence-electron chi connectivity index (χ1n) is 12.9. The summed E-state index contributed by atoms with van der Waals surface area (Å²) in [5.74, 6) is -2.52. The molecule has 2 heterocycles. The molecule has 2 aromatic carbocycles. The van der Waals surface area contributed by atoms with Crippen LogP contribution in [0.4, 0.5) is 18.9 Å². The Labute approximate surface area is 228 Å². The highest BCUT2D eigenvalue weighted by molar-refractivity contribution is 6.05. The molecular formula is C29H28F3N3O5. The number of ether oxygens (including phenoxy) is 2. The third kappa shape index (κ3) is 5.15. The molecule has 210 valence electrons. The Balaban J connectivity index is 1.50. The summed E-state index contributed by atoms with van der Waals surface area (Å²) in [5, 5.41) is 2.68. The molecule has 1 N–H and O–H groups in total. The van der Waals surface area contributed by atoms with E-state index in [1.54, 1.807) is 29.8 Å². The largest absolute Gasteiger partial charge is 0.497 e. The molecule has 40 heavy (non-hydrogen) atoms. The standard InChI is InChI=1S/C29H28F3N3O5/c1-16-12-13-34(18-4-3-5-18)28(38)25(16)35-15-22(21-11-10-20(39-2)14-23(21)30)24(27(35)37)33-26(36)17-6-8-19(9-7-17)40-29(31)32/h6-14,18,22,24,29H,3-5,15H2,1-2H3,(H,33,36)/t22-,24?/m0/s1. The molecule has 8 nitrogen and oxygen atoms in total. The molecule has 0 radical (unpaired) electrons. The molecular weight excluding hydrogens is 527 g/mol. The van der Waals surface area contributed by atoms with Crippen LogP contribution in [0.2, 0.25) is 0 Å². The fraction of sp³-hybridized carbons (Fsp3) is 0.345. The van der Waals surface area contributed by atoms with E-state index in [1.165, 1.54) is 48.4 Å². The minimum absolute atomic E-state index is 0.0427. The second-order valence-electron chi connectivity index (χ2n) is 9.94. The van der Waals surface area contributed by atoms with Gasteiger partial charge in [0.2, 0.25) is 5.91 Å². The number of hydrogen-bond acceptors (Lipinski definition) is 5. The average Bonchev–Trinajstić information content (AvgIpc) is 3.19. The van der Waals surface area contributed by atoms with E-state index in [0.717, 1.165) is 19.3 Å². The second kappa shape index (κ2) is 11.1. The topological polar surface area (TPSA) is 89.9 Å². The van der Waals surface area contributed by atoms with Crippen molar-refractivity contribution < 1.29 is 32.2 Å². The van der Waals surface area contributed by atoms with Crippen LogP contribution in [-0.4, -0.2) is 42.7 Å². The Morgan fingerprint density at radius 3 is 2.35 bits per heavy atom. The van der Waals surface area contributed by atoms with Crippen LogP contribution in [0.15, 0.2) is 59.5 Å². The molecule has 2 atom stereocenters. The molecule has 3 aromatic rings. The predicted octanol–water partition coefficient (Wildman–Crippen LogP) is 4.56. The smallest absolute Gasteiger partial charge is 0.387 e. The number of nitrogens with zero attached hydrogens (tertiary/aromatic N) is 2. The number of pyridine rings is 1. The number of amides is 2. The van der Waals surface area contributed by atoms with Gasteiger partial charge in [-0.25, -0.2) is 4.39 Å². The van der Waals surface area contributed by atoms with Gasteiger partial charge in [-0.15, -0.1) is 0 Å². The number of nitrogens with one attached hydrogen (secondary N) is 1. The van der Waals surface area contributed by atoms with Gasteiger partial charge in [0.15, 0.2) is 0 Å². The van der Waals surface area contributed by atoms with Crippen molar-refractivity contribution in [3.8, 4) is 11.5 Å². The van der Waals surface area contributed by atoms with Gasteiger partial charge in [-0.05, 0) is 73.7 Å². The van der Waals surface area contributed by atoms with E-state index in [1.807, 2.05) is 0 Å². The van der Waals surface area contributed by atoms with Crippen molar-refractivity contribution in [1.82, 2.24) is 9.88 Å². The summed E-state index contributed by atoms with van der Waals surface area (Å²) in [5.41, 5.74) is 0.738. The third-order valence-electron chi connectivity index (χ3n) is 7.58. The van der Waals surface area contributed by atoms with E-state index in [0.29, 0.717) is 5.56 Å². The molecule has 0 spiro atoms. The predicted molar refractivity (Wildman–Crippen MR) is 141 cm³/mol. The molecule has 2 amide bonds. The number of methoxy groups -OCH3 is 1. The van der Waals surface area contributed by atoms with Crippen molar-refractivity contribution in [2.75, 3.05) is 18.6 Å². The van der Waals surface area contributed by atoms with Crippen LogP contribution >= 0.6 is 0 Å². The van der Waals surface area contributed by atoms with Crippen molar-refractivity contribution in [1.29, 1.82) is 0 Å². The second-order valence-corrected chi connectivity index (χ2v) is 9.94. The SMILES string of the molecule is COc1ccc([C@@H]2CN(c3c(C)ccn(C4CCC4)c3=O)C(=O)C2NC(=O)c2ccc(OC(F)F)cc2)c(F)c1. The van der Waals surface area contributed by atoms with Crippen LogP contribution in [0.5, 0.6) is 11.5 Å². The highest BCUT2D eigenvalue weighted by atomic mass is 19.3. The van der Waals surface area contributed by atoms with Crippen LogP contribution in [0.25, 0.3) is 0 Å². The molecule has 1 aliphatic heterocycles. The Kier molecular flexibility index (Phi) is 7.55. The van der Waals surface area contributed by atoms with Gasteiger partial charge in [0.1, 0.15) is 29.0 Å². The summed E-state index contributed by atoms with van der Waals surface area (Å²) >= 11 is 0. The number of benzene rings is 2. The minimum Gasteiger partial charge on any atom is -0.497 e. The maximum Gasteiger partial charge on any atom is 0.387 e. The molecule has 1 aromatic heterocycles. The number of aromatic nitrogens is 1. The fourth-order valence-electron chi connectivity index (χ4n) is 5.23. The molecule has 2 aliphatic rings. The number of halogens is 3. The number of anilines is 1. The number of alkyl halides is 2. The van der Waals surface area contributed by atoms with Gasteiger partial charge in [-0.1, -0.05) is 6.07 Å². The van der Waals surface area contributed by atoms with E-state index in [4.69, 9.17) is 4.74 Å². The highest BCUT2D eigenvalue weighted by Gasteiger charge is 2.45. The van der Waals surface area contributed by atoms with Gasteiger partial charge in [0, 0.05) is 36.3 Å². The lowest BCUT2D eigenvalue weighted by Gasteiger charge is -2.29. The Morgan fingerprint density at radius 2 is 1.75 bits per heavy atom. The summed E-state index contributed by atoms with van der Waals surface area (Å²) in [6.07, 6.45) is 4.49. The van der Waals surface area contributed by atoms with Crippen molar-refractivity contribution in [3.63, 3.8) is 0 Å². The van der Waals surface area contributed by atoms with Crippen LogP contribution in [-0.2, 0) is 4.79 Å². The third-order valence-corrected chi connectivity index (χ3v) is 7.58. The molecule has 1 saturated carbocycles. The summed E-state index contributed by atoms with van der Waals surface area (Å²) in [6, 6.07) is 9.87. The average molecular weight is 556 g/mol. The van der Waals surface area contributed by atoms with E-state index >= 15 is 4.39 Å². The first-order valence-corrected chi connectivity index (χ1v) is 12.9. The molecule has 1 unspecified atom stereocenters. The van der Waals surface area contributed by atoms with Crippen LogP contribution < -0.4 is 25.2 Å². The monoisotopic (exact) mass is 555 g/mol. The zero-order valence-corrected chi connectivity index (χ0v) is 21.9. The van der Waals surface area contributed by atoms with Crippen LogP contribution in [0.1, 0.15) is 52.7 Å². The highest BCUT2D eigenvalue weighted by Crippen LogP contribution is 2.36. The van der Waals surface area contributed by atoms with Crippen molar-refractivity contribution in [2.24, 2.45) is 0 Å². The lowest BCUT2D eigenvalue weighted by molar-refractivity contribution is -0.118. The lowest BCUT2D eigenvalue weighted by Crippen LogP contribution is -2.45. The maximum absolute atomic E-state index is 15.2. The van der Waals surface area contributed by atoms with Gasteiger partial charge >= 0.3 is 6.61 Å². The van der Waals surface area contributed by atoms with Crippen molar-refractivity contribution in [2.45, 2.75) is 50.8 Å². The zero-order chi connectivity index (χ0) is 28.6. The number of aryl methyl sites for hydroxylation is 1. The molecule has 5 rings (SSSR count). The van der Waals surface area contributed by atoms with Gasteiger partial charge in [0.05, 0.1) is 7.11 Å². The summed E-state index contributed by atoms with van der Waals surface area (Å²) in [7, 11) is 1.40. The van der Waals surface area contributed by atoms with E-state index in [2.05, 4.69) is 10.1 Å². The number of rotatable bonds is 8. The molecule has 0 bridgehead atoms. The van der Waals surface area contributed by atoms with Crippen LogP contribution in [0.3, 0.4) is 0 Å². The zero-order valence-electron chi connectivity index (χ0n) is 21.9. The van der Waals surface area contributed by atoms with E-state index in [9.17, 15) is 23.2 Å². The first kappa shape index (κ1) is 27.3. The lowest BCUT2D eigenvalue weighted by atomic mass is 9.92.